The third kappa shape index (κ3) is 4.27. The zero-order valence-corrected chi connectivity index (χ0v) is 12.3. The van der Waals surface area contributed by atoms with Crippen LogP contribution in [0.1, 0.15) is 59.3 Å². The Labute approximate surface area is 112 Å². The van der Waals surface area contributed by atoms with Crippen molar-refractivity contribution < 1.29 is 4.79 Å². The number of carbonyl (C=O) groups excluding carboxylic acids is 1. The topological polar surface area (TPSA) is 46.3 Å². The molecule has 0 aliphatic heterocycles. The van der Waals surface area contributed by atoms with Gasteiger partial charge in [-0.15, -0.1) is 0 Å². The first-order valence-corrected chi connectivity index (χ1v) is 7.60. The molecule has 0 radical (unpaired) electrons. The highest BCUT2D eigenvalue weighted by molar-refractivity contribution is 5.79. The van der Waals surface area contributed by atoms with Gasteiger partial charge in [0.1, 0.15) is 0 Å². The van der Waals surface area contributed by atoms with Gasteiger partial charge in [0.2, 0.25) is 5.91 Å². The number of rotatable bonds is 7. The van der Waals surface area contributed by atoms with Crippen molar-refractivity contribution in [2.45, 2.75) is 65.3 Å². The molecule has 0 saturated heterocycles. The maximum atomic E-state index is 12.6. The van der Waals surface area contributed by atoms with E-state index < -0.39 is 0 Å². The van der Waals surface area contributed by atoms with Crippen molar-refractivity contribution in [2.75, 3.05) is 13.1 Å². The quantitative estimate of drug-likeness (QED) is 0.759. The monoisotopic (exact) mass is 254 g/mol. The van der Waals surface area contributed by atoms with Crippen molar-refractivity contribution in [3.63, 3.8) is 0 Å². The van der Waals surface area contributed by atoms with Crippen LogP contribution in [0.15, 0.2) is 0 Å². The van der Waals surface area contributed by atoms with Crippen molar-refractivity contribution in [2.24, 2.45) is 17.6 Å². The second-order valence-electron chi connectivity index (χ2n) is 5.99. The second-order valence-corrected chi connectivity index (χ2v) is 5.99. The zero-order valence-electron chi connectivity index (χ0n) is 12.3. The lowest BCUT2D eigenvalue weighted by Crippen LogP contribution is -2.45. The molecule has 0 aromatic carbocycles. The molecule has 3 nitrogen and oxygen atoms in total. The summed E-state index contributed by atoms with van der Waals surface area (Å²) >= 11 is 0. The van der Waals surface area contributed by atoms with Gasteiger partial charge in [-0.2, -0.15) is 0 Å². The molecule has 1 rings (SSSR count). The smallest absolute Gasteiger partial charge is 0.227 e. The zero-order chi connectivity index (χ0) is 13.5. The van der Waals surface area contributed by atoms with Crippen LogP contribution >= 0.6 is 0 Å². The highest BCUT2D eigenvalue weighted by atomic mass is 16.2. The van der Waals surface area contributed by atoms with Gasteiger partial charge < -0.3 is 10.6 Å². The maximum Gasteiger partial charge on any atom is 0.227 e. The Bertz CT molecular complexity index is 243. The molecule has 3 heteroatoms. The highest BCUT2D eigenvalue weighted by Gasteiger charge is 2.29. The number of hydrogen-bond donors (Lipinski definition) is 1. The van der Waals surface area contributed by atoms with E-state index in [-0.39, 0.29) is 5.92 Å². The molecule has 1 aliphatic rings. The molecule has 0 aromatic rings. The van der Waals surface area contributed by atoms with Gasteiger partial charge in [-0.25, -0.2) is 0 Å². The number of carbonyl (C=O) groups is 1. The summed E-state index contributed by atoms with van der Waals surface area (Å²) < 4.78 is 0. The van der Waals surface area contributed by atoms with Crippen LogP contribution in [0.5, 0.6) is 0 Å². The molecule has 0 heterocycles. The van der Waals surface area contributed by atoms with Gasteiger partial charge in [0.15, 0.2) is 0 Å². The molecule has 1 atom stereocenters. The van der Waals surface area contributed by atoms with E-state index in [0.717, 1.165) is 19.4 Å². The van der Waals surface area contributed by atoms with Gasteiger partial charge in [0.25, 0.3) is 0 Å². The van der Waals surface area contributed by atoms with E-state index in [0.29, 0.717) is 24.4 Å². The van der Waals surface area contributed by atoms with E-state index in [4.69, 9.17) is 5.73 Å². The van der Waals surface area contributed by atoms with Crippen LogP contribution in [0.25, 0.3) is 0 Å². The van der Waals surface area contributed by atoms with Crippen LogP contribution in [0.3, 0.4) is 0 Å². The minimum absolute atomic E-state index is 0.0257. The van der Waals surface area contributed by atoms with Crippen LogP contribution in [-0.4, -0.2) is 29.9 Å². The third-order valence-corrected chi connectivity index (χ3v) is 4.12. The van der Waals surface area contributed by atoms with Crippen molar-refractivity contribution in [1.82, 2.24) is 4.90 Å². The first-order chi connectivity index (χ1) is 8.60. The minimum Gasteiger partial charge on any atom is -0.339 e. The van der Waals surface area contributed by atoms with Gasteiger partial charge in [-0.1, -0.05) is 33.6 Å². The predicted octanol–water partition coefficient (Wildman–Crippen LogP) is 2.79. The lowest BCUT2D eigenvalue weighted by Gasteiger charge is -2.32. The van der Waals surface area contributed by atoms with Gasteiger partial charge >= 0.3 is 0 Å². The number of nitrogens with zero attached hydrogens (tertiary/aromatic N) is 1. The van der Waals surface area contributed by atoms with E-state index in [2.05, 4.69) is 25.7 Å². The highest BCUT2D eigenvalue weighted by Crippen LogP contribution is 2.26. The Morgan fingerprint density at radius 2 is 1.94 bits per heavy atom. The standard InChI is InChI=1S/C15H30N2O/c1-4-13(11-16)15(18)17(10-9-12(2)3)14-7-5-6-8-14/h12-14H,4-11,16H2,1-3H3. The van der Waals surface area contributed by atoms with Crippen LogP contribution in [0.2, 0.25) is 0 Å². The molecular formula is C15H30N2O. The van der Waals surface area contributed by atoms with Gasteiger partial charge in [0.05, 0.1) is 5.92 Å². The Hall–Kier alpha value is -0.570. The largest absolute Gasteiger partial charge is 0.339 e. The molecule has 1 aliphatic carbocycles. The summed E-state index contributed by atoms with van der Waals surface area (Å²) in [6.07, 6.45) is 6.88. The van der Waals surface area contributed by atoms with E-state index in [9.17, 15) is 4.79 Å². The molecule has 0 aromatic heterocycles. The average Bonchev–Trinajstić information content (AvgIpc) is 2.84. The van der Waals surface area contributed by atoms with Gasteiger partial charge in [0, 0.05) is 19.1 Å². The SMILES string of the molecule is CCC(CN)C(=O)N(CCC(C)C)C1CCCC1. The van der Waals surface area contributed by atoms with E-state index in [1.165, 1.54) is 25.7 Å². The Morgan fingerprint density at radius 3 is 2.39 bits per heavy atom. The minimum atomic E-state index is 0.0257. The molecule has 0 spiro atoms. The third-order valence-electron chi connectivity index (χ3n) is 4.12. The van der Waals surface area contributed by atoms with Gasteiger partial charge in [-0.3, -0.25) is 4.79 Å². The number of nitrogens with two attached hydrogens (primary N) is 1. The van der Waals surface area contributed by atoms with Crippen molar-refractivity contribution in [1.29, 1.82) is 0 Å². The Kier molecular flexibility index (Phi) is 6.69. The van der Waals surface area contributed by atoms with E-state index in [1.54, 1.807) is 0 Å². The molecule has 1 amide bonds. The van der Waals surface area contributed by atoms with Crippen LogP contribution in [0, 0.1) is 11.8 Å². The van der Waals surface area contributed by atoms with Crippen LogP contribution in [-0.2, 0) is 4.79 Å². The summed E-state index contributed by atoms with van der Waals surface area (Å²) in [4.78, 5) is 14.7. The molecule has 2 N–H and O–H groups in total. The molecular weight excluding hydrogens is 224 g/mol. The molecule has 0 bridgehead atoms. The first-order valence-electron chi connectivity index (χ1n) is 7.60. The molecule has 106 valence electrons. The summed E-state index contributed by atoms with van der Waals surface area (Å²) in [6.45, 7) is 7.90. The van der Waals surface area contributed by atoms with Crippen molar-refractivity contribution in [3.05, 3.63) is 0 Å². The fraction of sp³-hybridized carbons (Fsp3) is 0.933. The fourth-order valence-corrected chi connectivity index (χ4v) is 2.76. The molecule has 18 heavy (non-hydrogen) atoms. The van der Waals surface area contributed by atoms with Crippen molar-refractivity contribution in [3.8, 4) is 0 Å². The Morgan fingerprint density at radius 1 is 1.33 bits per heavy atom. The average molecular weight is 254 g/mol. The first kappa shape index (κ1) is 15.5. The van der Waals surface area contributed by atoms with Crippen molar-refractivity contribution >= 4 is 5.91 Å². The summed E-state index contributed by atoms with van der Waals surface area (Å²) in [7, 11) is 0. The predicted molar refractivity (Wildman–Crippen MR) is 76.3 cm³/mol. The lowest BCUT2D eigenvalue weighted by atomic mass is 10.0. The number of hydrogen-bond acceptors (Lipinski definition) is 2. The van der Waals surface area contributed by atoms with Crippen LogP contribution in [0.4, 0.5) is 0 Å². The van der Waals surface area contributed by atoms with Gasteiger partial charge in [-0.05, 0) is 31.6 Å². The summed E-state index contributed by atoms with van der Waals surface area (Å²) in [5, 5.41) is 0. The second kappa shape index (κ2) is 7.78. The Balaban J connectivity index is 2.65. The summed E-state index contributed by atoms with van der Waals surface area (Å²) in [5.41, 5.74) is 5.73. The summed E-state index contributed by atoms with van der Waals surface area (Å²) in [5.74, 6) is 0.977. The van der Waals surface area contributed by atoms with E-state index >= 15 is 0 Å². The summed E-state index contributed by atoms with van der Waals surface area (Å²) in [6, 6.07) is 0.483. The molecule has 1 saturated carbocycles. The normalized spacial score (nSPS) is 18.3. The lowest BCUT2D eigenvalue weighted by molar-refractivity contribution is -0.137. The van der Waals surface area contributed by atoms with Crippen LogP contribution < -0.4 is 5.73 Å². The molecule has 1 fully saturated rings. The van der Waals surface area contributed by atoms with E-state index in [1.807, 2.05) is 0 Å². The molecule has 1 unspecified atom stereocenters. The maximum absolute atomic E-state index is 12.6. The fourth-order valence-electron chi connectivity index (χ4n) is 2.76. The number of amides is 1.